The van der Waals surface area contributed by atoms with E-state index in [4.69, 9.17) is 0 Å². The molecule has 0 radical (unpaired) electrons. The summed E-state index contributed by atoms with van der Waals surface area (Å²) >= 11 is 0. The third kappa shape index (κ3) is 3.49. The molecular formula is C16H26N2. The van der Waals surface area contributed by atoms with E-state index in [1.54, 1.807) is 0 Å². The summed E-state index contributed by atoms with van der Waals surface area (Å²) < 4.78 is 0. The summed E-state index contributed by atoms with van der Waals surface area (Å²) in [6.45, 7) is 7.91. The van der Waals surface area contributed by atoms with Crippen LogP contribution in [0.2, 0.25) is 0 Å². The molecule has 100 valence electrons. The quantitative estimate of drug-likeness (QED) is 0.804. The lowest BCUT2D eigenvalue weighted by Crippen LogP contribution is -2.25. The van der Waals surface area contributed by atoms with Crippen LogP contribution < -0.4 is 10.2 Å². The number of hydrogen-bond donors (Lipinski definition) is 1. The van der Waals surface area contributed by atoms with Crippen molar-refractivity contribution in [2.75, 3.05) is 31.6 Å². The highest BCUT2D eigenvalue weighted by molar-refractivity contribution is 5.56. The number of benzene rings is 1. The van der Waals surface area contributed by atoms with Crippen LogP contribution in [0.5, 0.6) is 0 Å². The van der Waals surface area contributed by atoms with Crippen molar-refractivity contribution in [1.29, 1.82) is 0 Å². The van der Waals surface area contributed by atoms with Crippen molar-refractivity contribution in [3.8, 4) is 0 Å². The van der Waals surface area contributed by atoms with Crippen LogP contribution in [0.25, 0.3) is 0 Å². The van der Waals surface area contributed by atoms with Gasteiger partial charge in [-0.25, -0.2) is 0 Å². The topological polar surface area (TPSA) is 15.3 Å². The summed E-state index contributed by atoms with van der Waals surface area (Å²) in [7, 11) is 2.20. The van der Waals surface area contributed by atoms with E-state index >= 15 is 0 Å². The smallest absolute Gasteiger partial charge is 0.0396 e. The minimum atomic E-state index is 0.738. The van der Waals surface area contributed by atoms with E-state index < -0.39 is 0 Å². The second-order valence-corrected chi connectivity index (χ2v) is 5.84. The van der Waals surface area contributed by atoms with Gasteiger partial charge >= 0.3 is 0 Å². The van der Waals surface area contributed by atoms with Crippen LogP contribution in [0.1, 0.15) is 31.4 Å². The molecule has 1 N–H and O–H groups in total. The first-order valence-corrected chi connectivity index (χ1v) is 7.20. The average Bonchev–Trinajstić information content (AvgIpc) is 2.35. The Morgan fingerprint density at radius 1 is 1.33 bits per heavy atom. The lowest BCUT2D eigenvalue weighted by Gasteiger charge is -2.27. The molecule has 1 aliphatic rings. The average molecular weight is 246 g/mol. The van der Waals surface area contributed by atoms with Crippen LogP contribution in [-0.4, -0.2) is 26.7 Å². The van der Waals surface area contributed by atoms with Crippen LogP contribution in [0, 0.1) is 5.92 Å². The second kappa shape index (κ2) is 6.24. The lowest BCUT2D eigenvalue weighted by molar-refractivity contribution is 0.554. The molecule has 1 aliphatic heterocycles. The molecule has 1 heterocycles. The fourth-order valence-electron chi connectivity index (χ4n) is 2.62. The Morgan fingerprint density at radius 2 is 2.17 bits per heavy atom. The Bertz CT molecular complexity index is 385. The molecule has 0 aromatic heterocycles. The summed E-state index contributed by atoms with van der Waals surface area (Å²) in [5.74, 6) is 0.738. The summed E-state index contributed by atoms with van der Waals surface area (Å²) in [5.41, 5.74) is 4.44. The summed E-state index contributed by atoms with van der Waals surface area (Å²) in [4.78, 5) is 2.37. The van der Waals surface area contributed by atoms with Gasteiger partial charge in [-0.05, 0) is 55.5 Å². The number of nitrogens with zero attached hydrogens (tertiary/aromatic N) is 1. The molecule has 0 spiro atoms. The highest BCUT2D eigenvalue weighted by Gasteiger charge is 2.13. The van der Waals surface area contributed by atoms with Gasteiger partial charge in [0.25, 0.3) is 0 Å². The first kappa shape index (κ1) is 13.4. The van der Waals surface area contributed by atoms with E-state index in [0.29, 0.717) is 0 Å². The van der Waals surface area contributed by atoms with Gasteiger partial charge in [0.15, 0.2) is 0 Å². The van der Waals surface area contributed by atoms with Gasteiger partial charge in [-0.15, -0.1) is 0 Å². The van der Waals surface area contributed by atoms with Gasteiger partial charge in [0.05, 0.1) is 0 Å². The molecule has 0 fully saturated rings. The highest BCUT2D eigenvalue weighted by atomic mass is 15.1. The van der Waals surface area contributed by atoms with Crippen molar-refractivity contribution in [2.45, 2.75) is 33.1 Å². The predicted octanol–water partition coefficient (Wildman–Crippen LogP) is 2.86. The fourth-order valence-corrected chi connectivity index (χ4v) is 2.62. The van der Waals surface area contributed by atoms with Crippen LogP contribution >= 0.6 is 0 Å². The zero-order valence-electron chi connectivity index (χ0n) is 12.0. The van der Waals surface area contributed by atoms with Gasteiger partial charge in [-0.1, -0.05) is 26.0 Å². The maximum absolute atomic E-state index is 3.51. The predicted molar refractivity (Wildman–Crippen MR) is 79.4 cm³/mol. The third-order valence-corrected chi connectivity index (χ3v) is 3.64. The van der Waals surface area contributed by atoms with E-state index in [1.165, 1.54) is 36.2 Å². The molecule has 2 nitrogen and oxygen atoms in total. The van der Waals surface area contributed by atoms with Crippen LogP contribution in [-0.2, 0) is 12.8 Å². The largest absolute Gasteiger partial charge is 0.374 e. The van der Waals surface area contributed by atoms with Gasteiger partial charge in [0, 0.05) is 19.3 Å². The number of fused-ring (bicyclic) bond motifs is 1. The molecule has 0 saturated carbocycles. The van der Waals surface area contributed by atoms with Crippen molar-refractivity contribution in [2.24, 2.45) is 5.92 Å². The summed E-state index contributed by atoms with van der Waals surface area (Å²) in [6.07, 6.45) is 3.68. The number of rotatable bonds is 5. The monoisotopic (exact) mass is 246 g/mol. The van der Waals surface area contributed by atoms with Crippen LogP contribution in [0.3, 0.4) is 0 Å². The summed E-state index contributed by atoms with van der Waals surface area (Å²) in [6, 6.07) is 6.99. The van der Waals surface area contributed by atoms with Crippen molar-refractivity contribution in [3.63, 3.8) is 0 Å². The minimum Gasteiger partial charge on any atom is -0.374 e. The van der Waals surface area contributed by atoms with E-state index in [-0.39, 0.29) is 0 Å². The Hall–Kier alpha value is -1.02. The Balaban J connectivity index is 1.90. The van der Waals surface area contributed by atoms with Gasteiger partial charge in [-0.3, -0.25) is 0 Å². The lowest BCUT2D eigenvalue weighted by atomic mass is 9.98. The molecule has 0 aliphatic carbocycles. The van der Waals surface area contributed by atoms with Gasteiger partial charge < -0.3 is 10.2 Å². The van der Waals surface area contributed by atoms with E-state index in [9.17, 15) is 0 Å². The molecule has 2 rings (SSSR count). The van der Waals surface area contributed by atoms with E-state index in [1.807, 2.05) is 0 Å². The number of hydrogen-bond acceptors (Lipinski definition) is 2. The number of anilines is 1. The summed E-state index contributed by atoms with van der Waals surface area (Å²) in [5, 5.41) is 3.51. The van der Waals surface area contributed by atoms with Crippen molar-refractivity contribution in [3.05, 3.63) is 29.3 Å². The molecule has 0 amide bonds. The molecule has 18 heavy (non-hydrogen) atoms. The SMILES string of the molecule is CC(C)CNCCc1ccc2c(c1)CCCN2C. The van der Waals surface area contributed by atoms with Crippen molar-refractivity contribution in [1.82, 2.24) is 5.32 Å². The molecule has 2 heteroatoms. The van der Waals surface area contributed by atoms with E-state index in [2.05, 4.69) is 49.3 Å². The molecule has 1 aromatic carbocycles. The number of aryl methyl sites for hydroxylation is 1. The minimum absolute atomic E-state index is 0.738. The molecule has 0 saturated heterocycles. The van der Waals surface area contributed by atoms with Gasteiger partial charge in [-0.2, -0.15) is 0 Å². The molecule has 0 unspecified atom stereocenters. The van der Waals surface area contributed by atoms with Gasteiger partial charge in [0.2, 0.25) is 0 Å². The zero-order chi connectivity index (χ0) is 13.0. The molecule has 1 aromatic rings. The standard InChI is InChI=1S/C16H26N2/c1-13(2)12-17-9-8-14-6-7-16-15(11-14)5-4-10-18(16)3/h6-7,11,13,17H,4-5,8-10,12H2,1-3H3. The normalized spacial score (nSPS) is 15.0. The maximum atomic E-state index is 3.51. The van der Waals surface area contributed by atoms with Crippen molar-refractivity contribution < 1.29 is 0 Å². The highest BCUT2D eigenvalue weighted by Crippen LogP contribution is 2.26. The Labute approximate surface area is 111 Å². The van der Waals surface area contributed by atoms with Crippen LogP contribution in [0.4, 0.5) is 5.69 Å². The maximum Gasteiger partial charge on any atom is 0.0396 e. The first-order valence-electron chi connectivity index (χ1n) is 7.20. The second-order valence-electron chi connectivity index (χ2n) is 5.84. The third-order valence-electron chi connectivity index (χ3n) is 3.64. The zero-order valence-corrected chi connectivity index (χ0v) is 12.0. The Kier molecular flexibility index (Phi) is 4.65. The van der Waals surface area contributed by atoms with Gasteiger partial charge in [0.1, 0.15) is 0 Å². The molecular weight excluding hydrogens is 220 g/mol. The number of nitrogens with one attached hydrogen (secondary N) is 1. The molecule has 0 bridgehead atoms. The fraction of sp³-hybridized carbons (Fsp3) is 0.625. The first-order chi connectivity index (χ1) is 8.66. The molecule has 0 atom stereocenters. The Morgan fingerprint density at radius 3 is 2.94 bits per heavy atom. The van der Waals surface area contributed by atoms with Crippen LogP contribution in [0.15, 0.2) is 18.2 Å². The van der Waals surface area contributed by atoms with Crippen molar-refractivity contribution >= 4 is 5.69 Å². The van der Waals surface area contributed by atoms with E-state index in [0.717, 1.165) is 25.4 Å².